The third-order valence-electron chi connectivity index (χ3n) is 3.37. The van der Waals surface area contributed by atoms with Gasteiger partial charge in [0.15, 0.2) is 5.82 Å². The van der Waals surface area contributed by atoms with Gasteiger partial charge in [0.05, 0.1) is 19.0 Å². The van der Waals surface area contributed by atoms with Crippen molar-refractivity contribution in [3.8, 4) is 5.75 Å². The highest BCUT2D eigenvalue weighted by atomic mass is 35.5. The minimum atomic E-state index is 0.398. The predicted octanol–water partition coefficient (Wildman–Crippen LogP) is 4.33. The van der Waals surface area contributed by atoms with Crippen molar-refractivity contribution in [1.29, 1.82) is 0 Å². The van der Waals surface area contributed by atoms with Gasteiger partial charge in [0.1, 0.15) is 5.75 Å². The van der Waals surface area contributed by atoms with Crippen LogP contribution in [0.3, 0.4) is 0 Å². The molecule has 122 valence electrons. The third kappa shape index (κ3) is 3.72. The summed E-state index contributed by atoms with van der Waals surface area (Å²) in [6, 6.07) is 13.2. The van der Waals surface area contributed by atoms with Crippen LogP contribution >= 0.6 is 11.6 Å². The van der Waals surface area contributed by atoms with Crippen molar-refractivity contribution in [2.24, 2.45) is 0 Å². The molecule has 0 saturated carbocycles. The molecule has 7 heteroatoms. The van der Waals surface area contributed by atoms with Gasteiger partial charge < -0.3 is 15.4 Å². The topological polar surface area (TPSA) is 72.0 Å². The Morgan fingerprint density at radius 2 is 1.88 bits per heavy atom. The van der Waals surface area contributed by atoms with E-state index in [0.717, 1.165) is 11.3 Å². The van der Waals surface area contributed by atoms with E-state index in [4.69, 9.17) is 16.3 Å². The zero-order chi connectivity index (χ0) is 16.9. The van der Waals surface area contributed by atoms with E-state index in [9.17, 15) is 0 Å². The average molecular weight is 342 g/mol. The molecule has 0 radical (unpaired) electrons. The molecular weight excluding hydrogens is 326 g/mol. The molecule has 3 rings (SSSR count). The zero-order valence-electron chi connectivity index (χ0n) is 13.2. The molecule has 24 heavy (non-hydrogen) atoms. The van der Waals surface area contributed by atoms with E-state index in [2.05, 4.69) is 25.8 Å². The van der Waals surface area contributed by atoms with Crippen molar-refractivity contribution in [3.05, 3.63) is 59.2 Å². The lowest BCUT2D eigenvalue weighted by atomic mass is 10.2. The van der Waals surface area contributed by atoms with E-state index < -0.39 is 0 Å². The standard InChI is InChI=1S/C17H16ClN5O/c1-11-5-3-4-6-13(11)21-17-22-16(10-19-23-17)20-14-9-12(18)7-8-15(14)24-2/h3-10H,1-2H3,(H2,20,21,22,23). The van der Waals surface area contributed by atoms with Gasteiger partial charge in [0.25, 0.3) is 0 Å². The molecule has 0 amide bonds. The van der Waals surface area contributed by atoms with Crippen LogP contribution in [0.2, 0.25) is 5.02 Å². The Morgan fingerprint density at radius 1 is 1.04 bits per heavy atom. The Hall–Kier alpha value is -2.86. The molecule has 2 N–H and O–H groups in total. The number of halogens is 1. The smallest absolute Gasteiger partial charge is 0.249 e. The molecule has 0 aliphatic rings. The van der Waals surface area contributed by atoms with Crippen LogP contribution in [0.5, 0.6) is 5.75 Å². The SMILES string of the molecule is COc1ccc(Cl)cc1Nc1cnnc(Nc2ccccc2C)n1. The summed E-state index contributed by atoms with van der Waals surface area (Å²) >= 11 is 6.04. The normalized spacial score (nSPS) is 10.3. The second-order valence-electron chi connectivity index (χ2n) is 5.07. The first-order valence-corrected chi connectivity index (χ1v) is 7.66. The minimum absolute atomic E-state index is 0.398. The lowest BCUT2D eigenvalue weighted by Gasteiger charge is -2.12. The van der Waals surface area contributed by atoms with Crippen LogP contribution in [0, 0.1) is 6.92 Å². The number of rotatable bonds is 5. The summed E-state index contributed by atoms with van der Waals surface area (Å²) in [7, 11) is 1.60. The van der Waals surface area contributed by atoms with Gasteiger partial charge in [-0.3, -0.25) is 0 Å². The maximum Gasteiger partial charge on any atom is 0.249 e. The molecule has 0 atom stereocenters. The van der Waals surface area contributed by atoms with E-state index in [1.165, 1.54) is 6.20 Å². The van der Waals surface area contributed by atoms with Gasteiger partial charge in [-0.05, 0) is 36.8 Å². The number of aromatic nitrogens is 3. The molecule has 0 saturated heterocycles. The molecule has 3 aromatic rings. The molecule has 1 aromatic heterocycles. The van der Waals surface area contributed by atoms with Crippen molar-refractivity contribution >= 4 is 34.7 Å². The summed E-state index contributed by atoms with van der Waals surface area (Å²) < 4.78 is 5.31. The molecular formula is C17H16ClN5O. The second-order valence-corrected chi connectivity index (χ2v) is 5.51. The number of aryl methyl sites for hydroxylation is 1. The number of methoxy groups -OCH3 is 1. The highest BCUT2D eigenvalue weighted by Crippen LogP contribution is 2.30. The number of anilines is 4. The van der Waals surface area contributed by atoms with Crippen LogP contribution in [-0.2, 0) is 0 Å². The van der Waals surface area contributed by atoms with Crippen LogP contribution in [0.4, 0.5) is 23.1 Å². The number of para-hydroxylation sites is 1. The largest absolute Gasteiger partial charge is 0.495 e. The van der Waals surface area contributed by atoms with E-state index in [1.807, 2.05) is 31.2 Å². The minimum Gasteiger partial charge on any atom is -0.495 e. The summed E-state index contributed by atoms with van der Waals surface area (Å²) in [6.45, 7) is 2.01. The summed E-state index contributed by atoms with van der Waals surface area (Å²) in [4.78, 5) is 4.42. The molecule has 0 spiro atoms. The van der Waals surface area contributed by atoms with Crippen molar-refractivity contribution < 1.29 is 4.74 Å². The van der Waals surface area contributed by atoms with E-state index >= 15 is 0 Å². The number of hydrogen-bond acceptors (Lipinski definition) is 6. The first kappa shape index (κ1) is 16.0. The van der Waals surface area contributed by atoms with Crippen molar-refractivity contribution in [2.75, 3.05) is 17.7 Å². The Labute approximate surface area is 144 Å². The van der Waals surface area contributed by atoms with Crippen LogP contribution in [0.15, 0.2) is 48.7 Å². The second kappa shape index (κ2) is 7.14. The number of benzene rings is 2. The number of nitrogens with zero attached hydrogens (tertiary/aromatic N) is 3. The molecule has 1 heterocycles. The van der Waals surface area contributed by atoms with Gasteiger partial charge in [-0.15, -0.1) is 5.10 Å². The van der Waals surface area contributed by atoms with Crippen LogP contribution in [-0.4, -0.2) is 22.3 Å². The fourth-order valence-corrected chi connectivity index (χ4v) is 2.34. The number of nitrogens with one attached hydrogen (secondary N) is 2. The Balaban J connectivity index is 1.84. The highest BCUT2D eigenvalue weighted by Gasteiger charge is 2.07. The molecule has 0 fully saturated rings. The first-order valence-electron chi connectivity index (χ1n) is 7.28. The van der Waals surface area contributed by atoms with Gasteiger partial charge in [0.2, 0.25) is 5.95 Å². The van der Waals surface area contributed by atoms with Crippen LogP contribution < -0.4 is 15.4 Å². The van der Waals surface area contributed by atoms with E-state index in [0.29, 0.717) is 28.2 Å². The van der Waals surface area contributed by atoms with Gasteiger partial charge in [-0.1, -0.05) is 29.8 Å². The number of hydrogen-bond donors (Lipinski definition) is 2. The maximum atomic E-state index is 6.04. The summed E-state index contributed by atoms with van der Waals surface area (Å²) in [5, 5.41) is 14.9. The van der Waals surface area contributed by atoms with Gasteiger partial charge in [0, 0.05) is 10.7 Å². The van der Waals surface area contributed by atoms with Crippen molar-refractivity contribution in [3.63, 3.8) is 0 Å². The monoisotopic (exact) mass is 341 g/mol. The van der Waals surface area contributed by atoms with Gasteiger partial charge in [-0.25, -0.2) is 0 Å². The fourth-order valence-electron chi connectivity index (χ4n) is 2.17. The molecule has 2 aromatic carbocycles. The third-order valence-corrected chi connectivity index (χ3v) is 3.61. The molecule has 0 aliphatic heterocycles. The van der Waals surface area contributed by atoms with Crippen LogP contribution in [0.1, 0.15) is 5.56 Å². The van der Waals surface area contributed by atoms with Gasteiger partial charge in [-0.2, -0.15) is 10.1 Å². The van der Waals surface area contributed by atoms with Crippen molar-refractivity contribution in [1.82, 2.24) is 15.2 Å². The number of ether oxygens (including phenoxy) is 1. The Bertz CT molecular complexity index is 856. The van der Waals surface area contributed by atoms with Gasteiger partial charge >= 0.3 is 0 Å². The Kier molecular flexibility index (Phi) is 4.77. The lowest BCUT2D eigenvalue weighted by Crippen LogP contribution is -2.03. The van der Waals surface area contributed by atoms with Crippen molar-refractivity contribution in [2.45, 2.75) is 6.92 Å². The van der Waals surface area contributed by atoms with E-state index in [-0.39, 0.29) is 0 Å². The first-order chi connectivity index (χ1) is 11.7. The van der Waals surface area contributed by atoms with E-state index in [1.54, 1.807) is 25.3 Å². The quantitative estimate of drug-likeness (QED) is 0.719. The summed E-state index contributed by atoms with van der Waals surface area (Å²) in [6.07, 6.45) is 1.53. The lowest BCUT2D eigenvalue weighted by molar-refractivity contribution is 0.417. The maximum absolute atomic E-state index is 6.04. The average Bonchev–Trinajstić information content (AvgIpc) is 2.58. The molecule has 0 bridgehead atoms. The molecule has 0 aliphatic carbocycles. The predicted molar refractivity (Wildman–Crippen MR) is 95.6 cm³/mol. The zero-order valence-corrected chi connectivity index (χ0v) is 14.0. The van der Waals surface area contributed by atoms with Crippen LogP contribution in [0.25, 0.3) is 0 Å². The highest BCUT2D eigenvalue weighted by molar-refractivity contribution is 6.31. The molecule has 0 unspecified atom stereocenters. The fraction of sp³-hybridized carbons (Fsp3) is 0.118. The molecule has 6 nitrogen and oxygen atoms in total. The summed E-state index contributed by atoms with van der Waals surface area (Å²) in [5.41, 5.74) is 2.72. The Morgan fingerprint density at radius 3 is 2.67 bits per heavy atom. The summed E-state index contributed by atoms with van der Waals surface area (Å²) in [5.74, 6) is 1.59.